The Bertz CT molecular complexity index is 1220. The molecule has 0 saturated carbocycles. The van der Waals surface area contributed by atoms with Crippen LogP contribution in [0.1, 0.15) is 36.0 Å². The summed E-state index contributed by atoms with van der Waals surface area (Å²) in [6.07, 6.45) is 0.800. The molecule has 3 aromatic carbocycles. The molecule has 0 spiro atoms. The fraction of sp³-hybridized carbons (Fsp3) is 0.345. The Morgan fingerprint density at radius 1 is 1.11 bits per heavy atom. The van der Waals surface area contributed by atoms with E-state index < -0.39 is 18.0 Å². The Hall–Kier alpha value is -3.00. The number of hydrogen-bond acceptors (Lipinski definition) is 5. The predicted octanol–water partition coefficient (Wildman–Crippen LogP) is 5.47. The van der Waals surface area contributed by atoms with E-state index in [9.17, 15) is 23.8 Å². The molecule has 3 aromatic rings. The smallest absolute Gasteiger partial charge is 0.146 e. The van der Waals surface area contributed by atoms with Gasteiger partial charge in [-0.2, -0.15) is 0 Å². The zero-order valence-corrected chi connectivity index (χ0v) is 21.1. The molecule has 2 atom stereocenters. The molecule has 0 saturated heterocycles. The summed E-state index contributed by atoms with van der Waals surface area (Å²) < 4.78 is 33.1. The van der Waals surface area contributed by atoms with E-state index in [1.807, 2.05) is 35.2 Å². The lowest BCUT2D eigenvalue weighted by molar-refractivity contribution is -0.121. The number of ketones is 1. The summed E-state index contributed by atoms with van der Waals surface area (Å²) in [5.74, 6) is -0.478. The molecule has 0 unspecified atom stereocenters. The highest BCUT2D eigenvalue weighted by atomic mass is 35.5. The van der Waals surface area contributed by atoms with Gasteiger partial charge in [0.15, 0.2) is 0 Å². The number of nitrogens with zero attached hydrogens (tertiary/aromatic N) is 1. The average molecular weight is 530 g/mol. The van der Waals surface area contributed by atoms with E-state index in [0.717, 1.165) is 17.2 Å². The van der Waals surface area contributed by atoms with Crippen molar-refractivity contribution in [1.29, 1.82) is 0 Å². The largest absolute Gasteiger partial charge is 0.506 e. The van der Waals surface area contributed by atoms with E-state index in [4.69, 9.17) is 16.3 Å². The van der Waals surface area contributed by atoms with E-state index in [-0.39, 0.29) is 41.9 Å². The van der Waals surface area contributed by atoms with E-state index in [2.05, 4.69) is 0 Å². The van der Waals surface area contributed by atoms with Crippen molar-refractivity contribution in [2.75, 3.05) is 13.1 Å². The SMILES string of the molecule is O=C(CCCc1cc(F)cc(Cl)c1O)CN(Cc1ccccc1)C[C@@H](O)[C@@H]1CCc2cc(F)ccc2O1. The molecule has 0 aliphatic carbocycles. The third-order valence-electron chi connectivity index (χ3n) is 6.53. The number of aliphatic hydroxyl groups is 1. The van der Waals surface area contributed by atoms with Gasteiger partial charge in [-0.25, -0.2) is 8.78 Å². The van der Waals surface area contributed by atoms with Crippen molar-refractivity contribution in [1.82, 2.24) is 4.90 Å². The molecule has 0 amide bonds. The molecule has 0 fully saturated rings. The fourth-order valence-corrected chi connectivity index (χ4v) is 4.90. The van der Waals surface area contributed by atoms with Crippen molar-refractivity contribution in [3.05, 3.63) is 94.0 Å². The van der Waals surface area contributed by atoms with Crippen LogP contribution in [-0.2, 0) is 24.2 Å². The first-order valence-electron chi connectivity index (χ1n) is 12.4. The minimum absolute atomic E-state index is 0.0319. The number of carbonyl (C=O) groups excluding carboxylic acids is 1. The number of phenolic OH excluding ortho intramolecular Hbond substituents is 1. The first-order valence-corrected chi connectivity index (χ1v) is 12.7. The summed E-state index contributed by atoms with van der Waals surface area (Å²) in [4.78, 5) is 14.7. The molecule has 4 rings (SSSR count). The second-order valence-corrected chi connectivity index (χ2v) is 9.86. The normalized spacial score (nSPS) is 15.8. The Balaban J connectivity index is 1.36. The molecule has 196 valence electrons. The number of ether oxygens (including phenoxy) is 1. The van der Waals surface area contributed by atoms with E-state index in [0.29, 0.717) is 43.5 Å². The van der Waals surface area contributed by atoms with Crippen LogP contribution in [0.15, 0.2) is 60.7 Å². The zero-order chi connectivity index (χ0) is 26.4. The summed E-state index contributed by atoms with van der Waals surface area (Å²) in [6, 6.07) is 16.3. The topological polar surface area (TPSA) is 70.0 Å². The zero-order valence-electron chi connectivity index (χ0n) is 20.4. The van der Waals surface area contributed by atoms with Gasteiger partial charge in [0.1, 0.15) is 41.1 Å². The molecular weight excluding hydrogens is 500 g/mol. The van der Waals surface area contributed by atoms with Gasteiger partial charge in [0.25, 0.3) is 0 Å². The molecule has 8 heteroatoms. The number of aliphatic hydroxyl groups excluding tert-OH is 1. The second-order valence-electron chi connectivity index (χ2n) is 9.46. The first kappa shape index (κ1) is 27.0. The van der Waals surface area contributed by atoms with Gasteiger partial charge in [0, 0.05) is 19.5 Å². The number of hydrogen-bond donors (Lipinski definition) is 2. The standard InChI is InChI=1S/C29H30ClF2NO4/c30-25-15-23(32)14-21(29(25)36)7-4-8-24(34)17-33(16-19-5-2-1-3-6-19)18-26(35)28-11-9-20-13-22(31)10-12-27(20)37-28/h1-3,5-6,10,12-15,26,28,35-36H,4,7-9,11,16-18H2/t26-,28+/m1/s1. The average Bonchev–Trinajstić information content (AvgIpc) is 2.87. The van der Waals surface area contributed by atoms with E-state index >= 15 is 0 Å². The van der Waals surface area contributed by atoms with Gasteiger partial charge < -0.3 is 14.9 Å². The van der Waals surface area contributed by atoms with Gasteiger partial charge in [-0.05, 0) is 72.7 Å². The number of halogens is 3. The highest BCUT2D eigenvalue weighted by Gasteiger charge is 2.28. The number of carbonyl (C=O) groups is 1. The number of aromatic hydroxyl groups is 1. The van der Waals surface area contributed by atoms with Crippen molar-refractivity contribution in [3.63, 3.8) is 0 Å². The molecule has 37 heavy (non-hydrogen) atoms. The van der Waals surface area contributed by atoms with Crippen LogP contribution in [0.5, 0.6) is 11.5 Å². The summed E-state index contributed by atoms with van der Waals surface area (Å²) >= 11 is 5.84. The van der Waals surface area contributed by atoms with Gasteiger partial charge in [-0.15, -0.1) is 0 Å². The Morgan fingerprint density at radius 2 is 1.89 bits per heavy atom. The van der Waals surface area contributed by atoms with Crippen LogP contribution in [0.4, 0.5) is 8.78 Å². The number of benzene rings is 3. The summed E-state index contributed by atoms with van der Waals surface area (Å²) in [6.45, 7) is 0.816. The number of rotatable bonds is 11. The summed E-state index contributed by atoms with van der Waals surface area (Å²) in [5, 5.41) is 21.0. The van der Waals surface area contributed by atoms with Gasteiger partial charge in [0.05, 0.1) is 11.6 Å². The minimum Gasteiger partial charge on any atom is -0.506 e. The third kappa shape index (κ3) is 7.51. The molecular formula is C29H30ClF2NO4. The molecule has 0 radical (unpaired) electrons. The van der Waals surface area contributed by atoms with Crippen LogP contribution >= 0.6 is 11.6 Å². The predicted molar refractivity (Wildman–Crippen MR) is 138 cm³/mol. The van der Waals surface area contributed by atoms with Gasteiger partial charge in [-0.3, -0.25) is 9.69 Å². The monoisotopic (exact) mass is 529 g/mol. The molecule has 0 aromatic heterocycles. The number of fused-ring (bicyclic) bond motifs is 1. The lowest BCUT2D eigenvalue weighted by Crippen LogP contribution is -2.44. The van der Waals surface area contributed by atoms with Crippen LogP contribution in [0, 0.1) is 11.6 Å². The molecule has 0 bridgehead atoms. The maximum absolute atomic E-state index is 13.6. The first-order chi connectivity index (χ1) is 17.8. The lowest BCUT2D eigenvalue weighted by atomic mass is 9.98. The van der Waals surface area contributed by atoms with Crippen LogP contribution in [0.2, 0.25) is 5.02 Å². The Labute approximate surface area is 220 Å². The van der Waals surface area contributed by atoms with E-state index in [1.54, 1.807) is 6.07 Å². The second kappa shape index (κ2) is 12.5. The highest BCUT2D eigenvalue weighted by molar-refractivity contribution is 6.32. The molecule has 2 N–H and O–H groups in total. The molecule has 1 heterocycles. The van der Waals surface area contributed by atoms with E-state index in [1.165, 1.54) is 18.2 Å². The third-order valence-corrected chi connectivity index (χ3v) is 6.82. The molecule has 1 aliphatic rings. The number of phenols is 1. The maximum atomic E-state index is 13.6. The van der Waals surface area contributed by atoms with Crippen LogP contribution in [-0.4, -0.2) is 46.2 Å². The Kier molecular flexibility index (Phi) is 9.14. The fourth-order valence-electron chi connectivity index (χ4n) is 4.67. The maximum Gasteiger partial charge on any atom is 0.146 e. The lowest BCUT2D eigenvalue weighted by Gasteiger charge is -2.32. The van der Waals surface area contributed by atoms with Crippen molar-refractivity contribution in [2.24, 2.45) is 0 Å². The van der Waals surface area contributed by atoms with Crippen molar-refractivity contribution in [3.8, 4) is 11.5 Å². The summed E-state index contributed by atoms with van der Waals surface area (Å²) in [5.41, 5.74) is 2.15. The number of Topliss-reactive ketones (excluding diaryl/α,β-unsaturated/α-hetero) is 1. The van der Waals surface area contributed by atoms with Gasteiger partial charge in [0.2, 0.25) is 0 Å². The van der Waals surface area contributed by atoms with Gasteiger partial charge in [-0.1, -0.05) is 41.9 Å². The van der Waals surface area contributed by atoms with Crippen molar-refractivity contribution >= 4 is 17.4 Å². The molecule has 1 aliphatic heterocycles. The van der Waals surface area contributed by atoms with Gasteiger partial charge >= 0.3 is 0 Å². The Morgan fingerprint density at radius 3 is 2.68 bits per heavy atom. The molecule has 5 nitrogen and oxygen atoms in total. The van der Waals surface area contributed by atoms with Crippen molar-refractivity contribution < 1.29 is 28.5 Å². The van der Waals surface area contributed by atoms with Crippen LogP contribution < -0.4 is 4.74 Å². The number of aryl methyl sites for hydroxylation is 2. The van der Waals surface area contributed by atoms with Crippen LogP contribution in [0.25, 0.3) is 0 Å². The quantitative estimate of drug-likeness (QED) is 0.344. The highest BCUT2D eigenvalue weighted by Crippen LogP contribution is 2.31. The summed E-state index contributed by atoms with van der Waals surface area (Å²) in [7, 11) is 0. The van der Waals surface area contributed by atoms with Crippen LogP contribution in [0.3, 0.4) is 0 Å². The minimum atomic E-state index is -0.846. The van der Waals surface area contributed by atoms with Crippen molar-refractivity contribution in [2.45, 2.75) is 50.9 Å².